The van der Waals surface area contributed by atoms with Gasteiger partial charge in [-0.25, -0.2) is 4.98 Å². The van der Waals surface area contributed by atoms with Gasteiger partial charge in [0, 0.05) is 10.6 Å². The highest BCUT2D eigenvalue weighted by molar-refractivity contribution is 7.22. The number of rotatable bonds is 6. The monoisotopic (exact) mass is 560 g/mol. The van der Waals surface area contributed by atoms with E-state index in [1.54, 1.807) is 66.7 Å². The number of ketones is 1. The van der Waals surface area contributed by atoms with Crippen molar-refractivity contribution in [3.63, 3.8) is 0 Å². The largest absolute Gasteiger partial charge is 0.507 e. The number of fused-ring (bicyclic) bond motifs is 2. The van der Waals surface area contributed by atoms with Gasteiger partial charge in [-0.1, -0.05) is 47.7 Å². The Labute approximate surface area is 232 Å². The van der Waals surface area contributed by atoms with E-state index >= 15 is 0 Å². The summed E-state index contributed by atoms with van der Waals surface area (Å²) >= 11 is 7.40. The molecule has 2 aliphatic heterocycles. The molecule has 1 atom stereocenters. The van der Waals surface area contributed by atoms with Crippen molar-refractivity contribution < 1.29 is 28.9 Å². The number of aromatic nitrogens is 1. The summed E-state index contributed by atoms with van der Waals surface area (Å²) in [6, 6.07) is 16.1. The van der Waals surface area contributed by atoms with Gasteiger partial charge in [0.05, 0.1) is 21.8 Å². The van der Waals surface area contributed by atoms with Crippen molar-refractivity contribution >= 4 is 55.7 Å². The summed E-state index contributed by atoms with van der Waals surface area (Å²) in [5, 5.41) is 12.3. The van der Waals surface area contributed by atoms with Crippen molar-refractivity contribution in [2.45, 2.75) is 6.04 Å². The fourth-order valence-electron chi connectivity index (χ4n) is 4.58. The van der Waals surface area contributed by atoms with E-state index in [2.05, 4.69) is 11.6 Å². The van der Waals surface area contributed by atoms with Gasteiger partial charge in [-0.15, -0.1) is 0 Å². The number of thiazole rings is 1. The summed E-state index contributed by atoms with van der Waals surface area (Å²) in [6.07, 6.45) is 1.63. The Morgan fingerprint density at radius 2 is 1.87 bits per heavy atom. The number of hydrogen-bond acceptors (Lipinski definition) is 8. The Hall–Kier alpha value is -4.34. The van der Waals surface area contributed by atoms with Crippen LogP contribution in [0, 0.1) is 0 Å². The van der Waals surface area contributed by atoms with Crippen LogP contribution in [0.3, 0.4) is 0 Å². The van der Waals surface area contributed by atoms with Crippen LogP contribution < -0.4 is 19.1 Å². The molecule has 1 amide bonds. The van der Waals surface area contributed by atoms with E-state index in [4.69, 9.17) is 25.8 Å². The normalized spacial score (nSPS) is 18.0. The Morgan fingerprint density at radius 3 is 2.64 bits per heavy atom. The Bertz CT molecular complexity index is 1660. The number of carbonyl (C=O) groups excluding carboxylic acids is 2. The van der Waals surface area contributed by atoms with Gasteiger partial charge >= 0.3 is 5.91 Å². The highest BCUT2D eigenvalue weighted by Crippen LogP contribution is 2.45. The van der Waals surface area contributed by atoms with E-state index in [0.717, 1.165) is 4.70 Å². The lowest BCUT2D eigenvalue weighted by Gasteiger charge is -2.23. The number of anilines is 1. The van der Waals surface area contributed by atoms with Gasteiger partial charge in [0.25, 0.3) is 5.78 Å². The van der Waals surface area contributed by atoms with Crippen molar-refractivity contribution in [1.29, 1.82) is 0 Å². The third-order valence-corrected chi connectivity index (χ3v) is 7.62. The van der Waals surface area contributed by atoms with Crippen LogP contribution in [0.5, 0.6) is 17.2 Å². The zero-order chi connectivity index (χ0) is 27.1. The van der Waals surface area contributed by atoms with Gasteiger partial charge < -0.3 is 19.3 Å². The second-order valence-electron chi connectivity index (χ2n) is 8.80. The molecule has 3 aromatic carbocycles. The maximum Gasteiger partial charge on any atom is 0.301 e. The molecular weight excluding hydrogens is 540 g/mol. The second-order valence-corrected chi connectivity index (χ2v) is 10.3. The second kappa shape index (κ2) is 10.1. The Morgan fingerprint density at radius 1 is 1.10 bits per heavy atom. The Kier molecular flexibility index (Phi) is 6.46. The first-order chi connectivity index (χ1) is 18.9. The highest BCUT2D eigenvalue weighted by Gasteiger charge is 2.48. The molecular formula is C29H21ClN2O6S. The topological polar surface area (TPSA) is 98.2 Å². The smallest absolute Gasteiger partial charge is 0.301 e. The SMILES string of the molecule is C=CCOc1ccc([C@H]2/C(=C(\O)c3ccc4c(c3)OCCO4)C(=O)C(=O)N2c2nc3ccc(Cl)cc3s2)cc1. The van der Waals surface area contributed by atoms with Gasteiger partial charge in [0.1, 0.15) is 31.3 Å². The molecule has 0 saturated carbocycles. The number of benzene rings is 3. The van der Waals surface area contributed by atoms with E-state index in [0.29, 0.717) is 63.9 Å². The quantitative estimate of drug-likeness (QED) is 0.135. The first-order valence-electron chi connectivity index (χ1n) is 12.1. The zero-order valence-corrected chi connectivity index (χ0v) is 22.0. The molecule has 10 heteroatoms. The summed E-state index contributed by atoms with van der Waals surface area (Å²) in [5.74, 6) is -0.361. The van der Waals surface area contributed by atoms with Gasteiger partial charge in [-0.2, -0.15) is 0 Å². The number of aliphatic hydroxyl groups is 1. The third-order valence-electron chi connectivity index (χ3n) is 6.37. The number of halogens is 1. The van der Waals surface area contributed by atoms with E-state index in [1.165, 1.54) is 16.2 Å². The van der Waals surface area contributed by atoms with Crippen molar-refractivity contribution in [2.24, 2.45) is 0 Å². The lowest BCUT2D eigenvalue weighted by atomic mass is 9.95. The minimum atomic E-state index is -0.942. The first kappa shape index (κ1) is 25.0. The summed E-state index contributed by atoms with van der Waals surface area (Å²) in [5.41, 5.74) is 1.49. The number of hydrogen-bond donors (Lipinski definition) is 1. The van der Waals surface area contributed by atoms with Crippen LogP contribution in [0.4, 0.5) is 5.13 Å². The van der Waals surface area contributed by atoms with Crippen molar-refractivity contribution in [1.82, 2.24) is 4.98 Å². The van der Waals surface area contributed by atoms with E-state index in [9.17, 15) is 14.7 Å². The van der Waals surface area contributed by atoms with Gasteiger partial charge in [0.2, 0.25) is 0 Å². The van der Waals surface area contributed by atoms with Gasteiger partial charge in [-0.3, -0.25) is 14.5 Å². The van der Waals surface area contributed by atoms with E-state index in [1.807, 2.05) is 0 Å². The summed E-state index contributed by atoms with van der Waals surface area (Å²) in [6.45, 7) is 4.77. The van der Waals surface area contributed by atoms with Crippen LogP contribution in [0.15, 0.2) is 78.9 Å². The van der Waals surface area contributed by atoms with Crippen molar-refractivity contribution in [3.05, 3.63) is 95.0 Å². The number of Topliss-reactive ketones (excluding diaryl/α,β-unsaturated/α-hetero) is 1. The van der Waals surface area contributed by atoms with E-state index in [-0.39, 0.29) is 11.3 Å². The lowest BCUT2D eigenvalue weighted by Crippen LogP contribution is -2.29. The molecule has 1 saturated heterocycles. The number of aliphatic hydroxyl groups excluding tert-OH is 1. The molecule has 6 rings (SSSR count). The van der Waals surface area contributed by atoms with Crippen LogP contribution in [0.2, 0.25) is 5.02 Å². The van der Waals surface area contributed by atoms with E-state index < -0.39 is 17.7 Å². The zero-order valence-electron chi connectivity index (χ0n) is 20.4. The van der Waals surface area contributed by atoms with Gasteiger partial charge in [0.15, 0.2) is 16.6 Å². The average Bonchev–Trinajstić information content (AvgIpc) is 3.48. The summed E-state index contributed by atoms with van der Waals surface area (Å²) in [7, 11) is 0. The molecule has 1 fully saturated rings. The highest BCUT2D eigenvalue weighted by atomic mass is 35.5. The maximum atomic E-state index is 13.5. The van der Waals surface area contributed by atoms with Crippen LogP contribution in [0.25, 0.3) is 16.0 Å². The van der Waals surface area contributed by atoms with Crippen LogP contribution in [0.1, 0.15) is 17.2 Å². The number of nitrogens with zero attached hydrogens (tertiary/aromatic N) is 2. The van der Waals surface area contributed by atoms with Crippen LogP contribution in [-0.4, -0.2) is 41.6 Å². The number of ether oxygens (including phenoxy) is 3. The fraction of sp³-hybridized carbons (Fsp3) is 0.138. The van der Waals surface area contributed by atoms with Crippen LogP contribution in [-0.2, 0) is 9.59 Å². The molecule has 0 radical (unpaired) electrons. The molecule has 39 heavy (non-hydrogen) atoms. The average molecular weight is 561 g/mol. The summed E-state index contributed by atoms with van der Waals surface area (Å²) in [4.78, 5) is 33.0. The molecule has 4 aromatic rings. The molecule has 1 aromatic heterocycles. The molecule has 8 nitrogen and oxygen atoms in total. The maximum absolute atomic E-state index is 13.5. The fourth-order valence-corrected chi connectivity index (χ4v) is 5.85. The molecule has 3 heterocycles. The minimum Gasteiger partial charge on any atom is -0.507 e. The molecule has 0 unspecified atom stereocenters. The predicted octanol–water partition coefficient (Wildman–Crippen LogP) is 5.91. The van der Waals surface area contributed by atoms with Crippen LogP contribution >= 0.6 is 22.9 Å². The summed E-state index contributed by atoms with van der Waals surface area (Å²) < 4.78 is 17.6. The minimum absolute atomic E-state index is 0.0614. The number of carbonyl (C=O) groups is 2. The van der Waals surface area contributed by atoms with Crippen molar-refractivity contribution in [3.8, 4) is 17.2 Å². The molecule has 0 spiro atoms. The molecule has 196 valence electrons. The molecule has 2 aliphatic rings. The third kappa shape index (κ3) is 4.49. The standard InChI is InChI=1S/C29H21ClN2O6S/c1-2-11-36-19-7-3-16(4-8-19)25-24(26(33)17-5-10-21-22(14-17)38-13-12-37-21)27(34)28(35)32(25)29-31-20-9-6-18(30)15-23(20)39-29/h2-10,14-15,25,33H,1,11-13H2/b26-24+/t25-/m0/s1. The number of amides is 1. The van der Waals surface area contributed by atoms with Crippen molar-refractivity contribution in [2.75, 3.05) is 24.7 Å². The van der Waals surface area contributed by atoms with Gasteiger partial charge in [-0.05, 0) is 54.1 Å². The Balaban J connectivity index is 1.50. The lowest BCUT2D eigenvalue weighted by molar-refractivity contribution is -0.132. The predicted molar refractivity (Wildman–Crippen MR) is 149 cm³/mol. The first-order valence-corrected chi connectivity index (χ1v) is 13.2. The molecule has 0 aliphatic carbocycles. The molecule has 1 N–H and O–H groups in total. The molecule has 0 bridgehead atoms.